The van der Waals surface area contributed by atoms with Gasteiger partial charge in [0.15, 0.2) is 0 Å². The van der Waals surface area contributed by atoms with E-state index < -0.39 is 5.60 Å². The summed E-state index contributed by atoms with van der Waals surface area (Å²) in [5.41, 5.74) is 7.38. The molecule has 2 rings (SSSR count). The van der Waals surface area contributed by atoms with Crippen LogP contribution < -0.4 is 5.73 Å². The van der Waals surface area contributed by atoms with Gasteiger partial charge in [-0.05, 0) is 51.5 Å². The van der Waals surface area contributed by atoms with E-state index in [1.165, 1.54) is 17.7 Å². The zero-order valence-corrected chi connectivity index (χ0v) is 13.7. The highest BCUT2D eigenvalue weighted by atomic mass is 32.1. The Balaban J connectivity index is 2.23. The van der Waals surface area contributed by atoms with Crippen LogP contribution in [0.3, 0.4) is 0 Å². The molecule has 0 saturated carbocycles. The molecule has 0 spiro atoms. The summed E-state index contributed by atoms with van der Waals surface area (Å²) in [5, 5.41) is 0.626. The first-order chi connectivity index (χ1) is 9.31. The van der Waals surface area contributed by atoms with Crippen LogP contribution >= 0.6 is 11.3 Å². The summed E-state index contributed by atoms with van der Waals surface area (Å²) in [6.07, 6.45) is 5.68. The van der Waals surface area contributed by atoms with Crippen molar-refractivity contribution in [2.75, 3.05) is 5.73 Å². The van der Waals surface area contributed by atoms with Crippen LogP contribution in [0.4, 0.5) is 5.00 Å². The number of thiophene rings is 1. The maximum Gasteiger partial charge on any atom is 0.341 e. The topological polar surface area (TPSA) is 52.3 Å². The van der Waals surface area contributed by atoms with Gasteiger partial charge < -0.3 is 10.5 Å². The molecule has 0 bridgehead atoms. The van der Waals surface area contributed by atoms with Crippen LogP contribution in [0.2, 0.25) is 0 Å². The smallest absolute Gasteiger partial charge is 0.341 e. The molecule has 1 aliphatic rings. The molecular weight excluding hydrogens is 270 g/mol. The van der Waals surface area contributed by atoms with Crippen molar-refractivity contribution in [2.45, 2.75) is 65.4 Å². The van der Waals surface area contributed by atoms with E-state index in [0.717, 1.165) is 30.7 Å². The lowest BCUT2D eigenvalue weighted by atomic mass is 9.84. The van der Waals surface area contributed by atoms with Crippen LogP contribution in [0, 0.1) is 5.92 Å². The number of carbonyl (C=O) groups excluding carboxylic acids is 1. The van der Waals surface area contributed by atoms with Crippen LogP contribution in [-0.2, 0) is 17.6 Å². The fraction of sp³-hybridized carbons (Fsp3) is 0.688. The highest BCUT2D eigenvalue weighted by molar-refractivity contribution is 7.16. The Kier molecular flexibility index (Phi) is 4.43. The van der Waals surface area contributed by atoms with Crippen molar-refractivity contribution >= 4 is 22.3 Å². The van der Waals surface area contributed by atoms with Crippen molar-refractivity contribution in [1.82, 2.24) is 0 Å². The molecule has 0 aromatic carbocycles. The third-order valence-electron chi connectivity index (χ3n) is 3.69. The standard InChI is InChI=1S/C16H25NO2S/c1-5-6-10-7-8-11-12(9-10)20-14(17)13(11)15(18)19-16(2,3)4/h10H,5-9,17H2,1-4H3. The van der Waals surface area contributed by atoms with Gasteiger partial charge in [0.05, 0.1) is 5.56 Å². The number of esters is 1. The molecule has 0 saturated heterocycles. The molecule has 20 heavy (non-hydrogen) atoms. The summed E-state index contributed by atoms with van der Waals surface area (Å²) in [7, 11) is 0. The number of carbonyl (C=O) groups is 1. The number of nitrogens with two attached hydrogens (primary N) is 1. The van der Waals surface area contributed by atoms with Gasteiger partial charge >= 0.3 is 5.97 Å². The largest absolute Gasteiger partial charge is 0.456 e. The summed E-state index contributed by atoms with van der Waals surface area (Å²) in [4.78, 5) is 13.6. The Hall–Kier alpha value is -1.03. The van der Waals surface area contributed by atoms with Gasteiger partial charge in [-0.25, -0.2) is 4.79 Å². The fourth-order valence-corrected chi connectivity index (χ4v) is 4.10. The number of rotatable bonds is 3. The summed E-state index contributed by atoms with van der Waals surface area (Å²) in [5.74, 6) is 0.485. The van der Waals surface area contributed by atoms with Gasteiger partial charge in [-0.1, -0.05) is 19.8 Å². The third-order valence-corrected chi connectivity index (χ3v) is 4.78. The Bertz CT molecular complexity index is 499. The van der Waals surface area contributed by atoms with Gasteiger partial charge in [0.1, 0.15) is 10.6 Å². The molecule has 3 nitrogen and oxygen atoms in total. The molecule has 0 aliphatic heterocycles. The minimum absolute atomic E-state index is 0.263. The van der Waals surface area contributed by atoms with E-state index >= 15 is 0 Å². The predicted octanol–water partition coefficient (Wildman–Crippen LogP) is 4.19. The number of nitrogen functional groups attached to an aromatic ring is 1. The second-order valence-corrected chi connectivity index (χ2v) is 7.78. The molecule has 2 N–H and O–H groups in total. The first-order valence-electron chi connectivity index (χ1n) is 7.45. The van der Waals surface area contributed by atoms with E-state index in [2.05, 4.69) is 6.92 Å². The number of hydrogen-bond donors (Lipinski definition) is 1. The van der Waals surface area contributed by atoms with Crippen LogP contribution in [0.5, 0.6) is 0 Å². The molecule has 1 aliphatic carbocycles. The summed E-state index contributed by atoms with van der Waals surface area (Å²) in [6, 6.07) is 0. The molecule has 1 aromatic rings. The minimum atomic E-state index is -0.474. The van der Waals surface area contributed by atoms with Crippen molar-refractivity contribution in [3.05, 3.63) is 16.0 Å². The second-order valence-electron chi connectivity index (χ2n) is 6.64. The van der Waals surface area contributed by atoms with Gasteiger partial charge in [-0.15, -0.1) is 11.3 Å². The SMILES string of the molecule is CCCC1CCc2c(sc(N)c2C(=O)OC(C)(C)C)C1. The third kappa shape index (κ3) is 3.35. The van der Waals surface area contributed by atoms with E-state index in [4.69, 9.17) is 10.5 Å². The maximum atomic E-state index is 12.3. The molecule has 1 atom stereocenters. The molecule has 1 unspecified atom stereocenters. The normalized spacial score (nSPS) is 18.7. The number of ether oxygens (including phenoxy) is 1. The molecule has 0 radical (unpaired) electrons. The van der Waals surface area contributed by atoms with E-state index in [1.54, 1.807) is 11.3 Å². The highest BCUT2D eigenvalue weighted by Crippen LogP contribution is 2.39. The van der Waals surface area contributed by atoms with E-state index in [0.29, 0.717) is 10.6 Å². The molecule has 1 aromatic heterocycles. The van der Waals surface area contributed by atoms with Crippen molar-refractivity contribution in [3.63, 3.8) is 0 Å². The minimum Gasteiger partial charge on any atom is -0.456 e. The lowest BCUT2D eigenvalue weighted by Gasteiger charge is -2.23. The average Bonchev–Trinajstić information content (AvgIpc) is 2.62. The first-order valence-corrected chi connectivity index (χ1v) is 8.26. The Labute approximate surface area is 125 Å². The number of fused-ring (bicyclic) bond motifs is 1. The maximum absolute atomic E-state index is 12.3. The van der Waals surface area contributed by atoms with Gasteiger partial charge in [-0.2, -0.15) is 0 Å². The van der Waals surface area contributed by atoms with Crippen molar-refractivity contribution in [1.29, 1.82) is 0 Å². The summed E-state index contributed by atoms with van der Waals surface area (Å²) in [6.45, 7) is 7.88. The van der Waals surface area contributed by atoms with Crippen LogP contribution in [-0.4, -0.2) is 11.6 Å². The molecule has 112 valence electrons. The highest BCUT2D eigenvalue weighted by Gasteiger charge is 2.30. The Morgan fingerprint density at radius 1 is 1.45 bits per heavy atom. The van der Waals surface area contributed by atoms with Crippen LogP contribution in [0.25, 0.3) is 0 Å². The van der Waals surface area contributed by atoms with Crippen LogP contribution in [0.15, 0.2) is 0 Å². The van der Waals surface area contributed by atoms with Gasteiger partial charge in [0.25, 0.3) is 0 Å². The summed E-state index contributed by atoms with van der Waals surface area (Å²) >= 11 is 1.58. The molecular formula is C16H25NO2S. The van der Waals surface area contributed by atoms with Gasteiger partial charge in [-0.3, -0.25) is 0 Å². The number of hydrogen-bond acceptors (Lipinski definition) is 4. The molecule has 0 fully saturated rings. The fourth-order valence-electron chi connectivity index (χ4n) is 2.88. The van der Waals surface area contributed by atoms with Crippen molar-refractivity contribution < 1.29 is 9.53 Å². The molecule has 0 amide bonds. The lowest BCUT2D eigenvalue weighted by Crippen LogP contribution is -2.25. The Morgan fingerprint density at radius 2 is 2.15 bits per heavy atom. The molecule has 4 heteroatoms. The van der Waals surface area contributed by atoms with Crippen LogP contribution in [0.1, 0.15) is 67.8 Å². The van der Waals surface area contributed by atoms with Crippen molar-refractivity contribution in [2.24, 2.45) is 5.92 Å². The number of anilines is 1. The molecule has 1 heterocycles. The Morgan fingerprint density at radius 3 is 2.75 bits per heavy atom. The van der Waals surface area contributed by atoms with E-state index in [1.807, 2.05) is 20.8 Å². The van der Waals surface area contributed by atoms with Gasteiger partial charge in [0.2, 0.25) is 0 Å². The second kappa shape index (κ2) is 5.76. The zero-order chi connectivity index (χ0) is 14.9. The zero-order valence-electron chi connectivity index (χ0n) is 12.9. The quantitative estimate of drug-likeness (QED) is 0.851. The van der Waals surface area contributed by atoms with E-state index in [-0.39, 0.29) is 5.97 Å². The predicted molar refractivity (Wildman–Crippen MR) is 84.3 cm³/mol. The summed E-state index contributed by atoms with van der Waals surface area (Å²) < 4.78 is 5.49. The first kappa shape index (κ1) is 15.4. The van der Waals surface area contributed by atoms with Crippen molar-refractivity contribution in [3.8, 4) is 0 Å². The van der Waals surface area contributed by atoms with Gasteiger partial charge in [0, 0.05) is 4.88 Å². The average molecular weight is 295 g/mol. The van der Waals surface area contributed by atoms with E-state index in [9.17, 15) is 4.79 Å². The lowest BCUT2D eigenvalue weighted by molar-refractivity contribution is 0.00698. The monoisotopic (exact) mass is 295 g/mol.